The predicted octanol–water partition coefficient (Wildman–Crippen LogP) is 2.20. The van der Waals surface area contributed by atoms with Crippen LogP contribution in [0.5, 0.6) is 0 Å². The highest BCUT2D eigenvalue weighted by molar-refractivity contribution is 5.98. The van der Waals surface area contributed by atoms with Gasteiger partial charge in [0.2, 0.25) is 0 Å². The first-order valence-corrected chi connectivity index (χ1v) is 6.66. The van der Waals surface area contributed by atoms with Gasteiger partial charge in [0.1, 0.15) is 0 Å². The number of hydrogen-bond donors (Lipinski definition) is 0. The Bertz CT molecular complexity index is 489. The molecule has 0 fully saturated rings. The van der Waals surface area contributed by atoms with E-state index < -0.39 is 0 Å². The number of aromatic nitrogens is 2. The summed E-state index contributed by atoms with van der Waals surface area (Å²) in [5, 5.41) is 4.32. The van der Waals surface area contributed by atoms with Crippen LogP contribution in [0.25, 0.3) is 5.57 Å². The lowest BCUT2D eigenvalue weighted by Crippen LogP contribution is -2.21. The second-order valence-corrected chi connectivity index (χ2v) is 4.73. The highest BCUT2D eigenvalue weighted by atomic mass is 16.5. The Morgan fingerprint density at radius 3 is 3.05 bits per heavy atom. The number of rotatable bonds is 4. The number of nitrogens with zero attached hydrogens (tertiary/aromatic N) is 2. The maximum absolute atomic E-state index is 12.0. The predicted molar refractivity (Wildman–Crippen MR) is 71.6 cm³/mol. The molecule has 0 atom stereocenters. The lowest BCUT2D eigenvalue weighted by molar-refractivity contribution is -0.139. The average molecular weight is 264 g/mol. The van der Waals surface area contributed by atoms with Crippen LogP contribution >= 0.6 is 0 Å². The first-order valence-electron chi connectivity index (χ1n) is 6.66. The fourth-order valence-electron chi connectivity index (χ4n) is 2.23. The summed E-state index contributed by atoms with van der Waals surface area (Å²) in [4.78, 5) is 12.0. The summed E-state index contributed by atoms with van der Waals surface area (Å²) in [5.74, 6) is -0.284. The molecule has 0 N–H and O–H groups in total. The maximum Gasteiger partial charge on any atom is 0.336 e. The van der Waals surface area contributed by atoms with Gasteiger partial charge >= 0.3 is 5.97 Å². The number of ether oxygens (including phenoxy) is 2. The van der Waals surface area contributed by atoms with Crippen molar-refractivity contribution in [3.8, 4) is 0 Å². The molecular weight excluding hydrogens is 244 g/mol. The van der Waals surface area contributed by atoms with Gasteiger partial charge in [-0.3, -0.25) is 4.68 Å². The molecule has 2 heterocycles. The second-order valence-electron chi connectivity index (χ2n) is 4.73. The highest BCUT2D eigenvalue weighted by Crippen LogP contribution is 2.28. The monoisotopic (exact) mass is 264 g/mol. The molecule has 0 saturated carbocycles. The third-order valence-corrected chi connectivity index (χ3v) is 3.10. The fourth-order valence-corrected chi connectivity index (χ4v) is 2.23. The maximum atomic E-state index is 12.0. The van der Waals surface area contributed by atoms with Gasteiger partial charge in [0, 0.05) is 12.2 Å². The minimum Gasteiger partial charge on any atom is -0.463 e. The normalized spacial score (nSPS) is 16.0. The van der Waals surface area contributed by atoms with Crippen molar-refractivity contribution in [3.63, 3.8) is 0 Å². The zero-order valence-electron chi connectivity index (χ0n) is 11.7. The van der Waals surface area contributed by atoms with E-state index in [0.29, 0.717) is 31.8 Å². The molecule has 0 aromatic carbocycles. The molecule has 0 unspecified atom stereocenters. The van der Waals surface area contributed by atoms with Gasteiger partial charge in [-0.2, -0.15) is 5.10 Å². The van der Waals surface area contributed by atoms with Crippen molar-refractivity contribution in [2.24, 2.45) is 0 Å². The Kier molecular flexibility index (Phi) is 4.37. The summed E-state index contributed by atoms with van der Waals surface area (Å²) >= 11 is 0. The molecule has 1 aliphatic heterocycles. The summed E-state index contributed by atoms with van der Waals surface area (Å²) in [6, 6.07) is 2.20. The van der Waals surface area contributed by atoms with Crippen molar-refractivity contribution < 1.29 is 14.3 Å². The van der Waals surface area contributed by atoms with Crippen LogP contribution in [0.2, 0.25) is 0 Å². The quantitative estimate of drug-likeness (QED) is 0.782. The van der Waals surface area contributed by atoms with Crippen LogP contribution in [0.15, 0.2) is 17.8 Å². The molecule has 1 aliphatic rings. The lowest BCUT2D eigenvalue weighted by atomic mass is 10.00. The van der Waals surface area contributed by atoms with E-state index >= 15 is 0 Å². The molecule has 0 radical (unpaired) electrons. The van der Waals surface area contributed by atoms with E-state index in [0.717, 1.165) is 11.3 Å². The van der Waals surface area contributed by atoms with Gasteiger partial charge in [-0.05, 0) is 38.8 Å². The first kappa shape index (κ1) is 13.8. The Morgan fingerprint density at radius 2 is 2.37 bits per heavy atom. The fraction of sp³-hybridized carbons (Fsp3) is 0.571. The van der Waals surface area contributed by atoms with Gasteiger partial charge in [-0.25, -0.2) is 4.79 Å². The summed E-state index contributed by atoms with van der Waals surface area (Å²) in [6.07, 6.45) is 2.48. The van der Waals surface area contributed by atoms with Crippen LogP contribution < -0.4 is 0 Å². The number of hydrogen-bond acceptors (Lipinski definition) is 4. The minimum absolute atomic E-state index is 0.254. The van der Waals surface area contributed by atoms with Crippen LogP contribution in [-0.2, 0) is 14.3 Å². The molecule has 0 amide bonds. The molecule has 2 rings (SSSR count). The van der Waals surface area contributed by atoms with Crippen LogP contribution in [0.1, 0.15) is 38.9 Å². The van der Waals surface area contributed by atoms with Gasteiger partial charge in [0.25, 0.3) is 0 Å². The van der Waals surface area contributed by atoms with E-state index in [1.54, 1.807) is 13.1 Å². The van der Waals surface area contributed by atoms with Gasteiger partial charge < -0.3 is 9.47 Å². The van der Waals surface area contributed by atoms with Crippen molar-refractivity contribution in [3.05, 3.63) is 23.5 Å². The Balaban J connectivity index is 2.42. The number of carbonyl (C=O) groups is 1. The van der Waals surface area contributed by atoms with Gasteiger partial charge in [0.05, 0.1) is 31.1 Å². The Morgan fingerprint density at radius 1 is 1.58 bits per heavy atom. The standard InChI is InChI=1S/C14H20N2O3/c1-4-19-14(17)12-9-18-8-6-11(12)13-5-7-15-16(13)10(2)3/h5,7,10H,4,6,8-9H2,1-3H3. The smallest absolute Gasteiger partial charge is 0.336 e. The third kappa shape index (κ3) is 2.87. The molecule has 1 aromatic heterocycles. The van der Waals surface area contributed by atoms with E-state index in [1.165, 1.54) is 0 Å². The van der Waals surface area contributed by atoms with Gasteiger partial charge in [-0.1, -0.05) is 0 Å². The SMILES string of the molecule is CCOC(=O)C1=C(c2ccnn2C(C)C)CCOC1. The first-order chi connectivity index (χ1) is 9.15. The third-order valence-electron chi connectivity index (χ3n) is 3.10. The molecule has 5 heteroatoms. The zero-order valence-corrected chi connectivity index (χ0v) is 11.7. The topological polar surface area (TPSA) is 53.3 Å². The summed E-state index contributed by atoms with van der Waals surface area (Å²) in [5.41, 5.74) is 2.60. The van der Waals surface area contributed by atoms with Gasteiger partial charge in [-0.15, -0.1) is 0 Å². The van der Waals surface area contributed by atoms with E-state index in [2.05, 4.69) is 18.9 Å². The van der Waals surface area contributed by atoms with Crippen LogP contribution in [0.3, 0.4) is 0 Å². The molecule has 104 valence electrons. The lowest BCUT2D eigenvalue weighted by Gasteiger charge is -2.21. The molecule has 1 aromatic rings. The molecule has 0 bridgehead atoms. The number of carbonyl (C=O) groups excluding carboxylic acids is 1. The van der Waals surface area contributed by atoms with E-state index in [4.69, 9.17) is 9.47 Å². The highest BCUT2D eigenvalue weighted by Gasteiger charge is 2.24. The van der Waals surface area contributed by atoms with Crippen LogP contribution in [0, 0.1) is 0 Å². The number of esters is 1. The zero-order chi connectivity index (χ0) is 13.8. The van der Waals surface area contributed by atoms with Gasteiger partial charge in [0.15, 0.2) is 0 Å². The largest absolute Gasteiger partial charge is 0.463 e. The van der Waals surface area contributed by atoms with Crippen LogP contribution in [0.4, 0.5) is 0 Å². The average Bonchev–Trinajstić information content (AvgIpc) is 2.88. The van der Waals surface area contributed by atoms with Crippen molar-refractivity contribution in [1.29, 1.82) is 0 Å². The van der Waals surface area contributed by atoms with Crippen molar-refractivity contribution in [2.45, 2.75) is 33.2 Å². The second kappa shape index (κ2) is 6.02. The summed E-state index contributed by atoms with van der Waals surface area (Å²) in [6.45, 7) is 7.26. The Labute approximate surface area is 113 Å². The summed E-state index contributed by atoms with van der Waals surface area (Å²) < 4.78 is 12.4. The van der Waals surface area contributed by atoms with E-state index in [-0.39, 0.29) is 12.0 Å². The van der Waals surface area contributed by atoms with Crippen LogP contribution in [-0.4, -0.2) is 35.6 Å². The minimum atomic E-state index is -0.284. The molecule has 5 nitrogen and oxygen atoms in total. The van der Waals surface area contributed by atoms with Crippen molar-refractivity contribution in [2.75, 3.05) is 19.8 Å². The Hall–Kier alpha value is -1.62. The summed E-state index contributed by atoms with van der Waals surface area (Å²) in [7, 11) is 0. The molecule has 0 spiro atoms. The van der Waals surface area contributed by atoms with Crippen molar-refractivity contribution in [1.82, 2.24) is 9.78 Å². The molecule has 0 saturated heterocycles. The molecule has 19 heavy (non-hydrogen) atoms. The van der Waals surface area contributed by atoms with E-state index in [9.17, 15) is 4.79 Å². The van der Waals surface area contributed by atoms with Crippen molar-refractivity contribution >= 4 is 11.5 Å². The molecular formula is C14H20N2O3. The molecule has 0 aliphatic carbocycles. The van der Waals surface area contributed by atoms with E-state index in [1.807, 2.05) is 10.7 Å².